The highest BCUT2D eigenvalue weighted by atomic mass is 127. The molecular formula is C22H27FIN5O. The van der Waals surface area contributed by atoms with Gasteiger partial charge >= 0.3 is 0 Å². The second-order valence-electron chi connectivity index (χ2n) is 6.94. The van der Waals surface area contributed by atoms with Crippen LogP contribution in [0.4, 0.5) is 4.39 Å². The van der Waals surface area contributed by atoms with Crippen molar-refractivity contribution in [1.82, 2.24) is 15.1 Å². The molecule has 0 unspecified atom stereocenters. The first-order valence-electron chi connectivity index (χ1n) is 9.62. The lowest BCUT2D eigenvalue weighted by Gasteiger charge is -2.36. The van der Waals surface area contributed by atoms with E-state index in [-0.39, 0.29) is 35.5 Å². The molecule has 8 heteroatoms. The molecule has 0 atom stereocenters. The van der Waals surface area contributed by atoms with Crippen LogP contribution in [0.15, 0.2) is 47.5 Å². The lowest BCUT2D eigenvalue weighted by atomic mass is 10.1. The molecule has 30 heavy (non-hydrogen) atoms. The van der Waals surface area contributed by atoms with Crippen LogP contribution in [-0.2, 0) is 13.1 Å². The SMILES string of the molecule is CN=C(NCc1ccc(C#N)cc1)N1CCN(Cc2ccc(OC)c(F)c2)CC1.I. The van der Waals surface area contributed by atoms with Crippen LogP contribution in [-0.4, -0.2) is 56.1 Å². The molecule has 1 N–H and O–H groups in total. The maximum Gasteiger partial charge on any atom is 0.194 e. The van der Waals surface area contributed by atoms with Crippen molar-refractivity contribution >= 4 is 29.9 Å². The highest BCUT2D eigenvalue weighted by molar-refractivity contribution is 14.0. The van der Waals surface area contributed by atoms with Crippen LogP contribution in [0.2, 0.25) is 0 Å². The number of methoxy groups -OCH3 is 1. The average molecular weight is 523 g/mol. The van der Waals surface area contributed by atoms with Gasteiger partial charge in [0.25, 0.3) is 0 Å². The van der Waals surface area contributed by atoms with E-state index in [1.54, 1.807) is 19.2 Å². The van der Waals surface area contributed by atoms with Gasteiger partial charge in [0.05, 0.1) is 18.7 Å². The van der Waals surface area contributed by atoms with Crippen LogP contribution in [0.3, 0.4) is 0 Å². The second-order valence-corrected chi connectivity index (χ2v) is 6.94. The second kappa shape index (κ2) is 11.7. The highest BCUT2D eigenvalue weighted by Gasteiger charge is 2.20. The van der Waals surface area contributed by atoms with E-state index >= 15 is 0 Å². The van der Waals surface area contributed by atoms with E-state index < -0.39 is 0 Å². The summed E-state index contributed by atoms with van der Waals surface area (Å²) in [5.41, 5.74) is 2.70. The third-order valence-electron chi connectivity index (χ3n) is 5.04. The van der Waals surface area contributed by atoms with Crippen LogP contribution >= 0.6 is 24.0 Å². The molecule has 0 spiro atoms. The van der Waals surface area contributed by atoms with Crippen molar-refractivity contribution in [2.24, 2.45) is 4.99 Å². The molecule has 3 rings (SSSR count). The minimum atomic E-state index is -0.323. The zero-order valence-electron chi connectivity index (χ0n) is 17.3. The number of guanidine groups is 1. The van der Waals surface area contributed by atoms with Gasteiger partial charge in [-0.2, -0.15) is 5.26 Å². The summed E-state index contributed by atoms with van der Waals surface area (Å²) < 4.78 is 18.9. The number of aliphatic imine (C=N–C) groups is 1. The lowest BCUT2D eigenvalue weighted by Crippen LogP contribution is -2.52. The summed E-state index contributed by atoms with van der Waals surface area (Å²) in [7, 11) is 3.26. The molecule has 6 nitrogen and oxygen atoms in total. The van der Waals surface area contributed by atoms with Crippen LogP contribution < -0.4 is 10.1 Å². The molecule has 1 heterocycles. The molecular weight excluding hydrogens is 496 g/mol. The number of ether oxygens (including phenoxy) is 1. The normalized spacial score (nSPS) is 14.6. The maximum atomic E-state index is 13.9. The highest BCUT2D eigenvalue weighted by Crippen LogP contribution is 2.19. The third kappa shape index (κ3) is 6.31. The summed E-state index contributed by atoms with van der Waals surface area (Å²) >= 11 is 0. The van der Waals surface area contributed by atoms with Gasteiger partial charge in [0.2, 0.25) is 0 Å². The first kappa shape index (κ1) is 23.9. The molecule has 0 aliphatic carbocycles. The van der Waals surface area contributed by atoms with Gasteiger partial charge in [0.15, 0.2) is 17.5 Å². The number of nitrogens with one attached hydrogen (secondary N) is 1. The number of rotatable bonds is 5. The fourth-order valence-electron chi connectivity index (χ4n) is 3.39. The molecule has 160 valence electrons. The summed E-state index contributed by atoms with van der Waals surface area (Å²) in [5.74, 6) is 0.816. The van der Waals surface area contributed by atoms with Crippen molar-refractivity contribution in [2.45, 2.75) is 13.1 Å². The smallest absolute Gasteiger partial charge is 0.194 e. The van der Waals surface area contributed by atoms with Crippen molar-refractivity contribution < 1.29 is 9.13 Å². The number of nitriles is 1. The summed E-state index contributed by atoms with van der Waals surface area (Å²) in [6.45, 7) is 4.84. The van der Waals surface area contributed by atoms with Crippen molar-refractivity contribution in [3.8, 4) is 11.8 Å². The van der Waals surface area contributed by atoms with Gasteiger partial charge in [-0.3, -0.25) is 9.89 Å². The Kier molecular flexibility index (Phi) is 9.33. The monoisotopic (exact) mass is 523 g/mol. The zero-order valence-corrected chi connectivity index (χ0v) is 19.6. The third-order valence-corrected chi connectivity index (χ3v) is 5.04. The van der Waals surface area contributed by atoms with Crippen LogP contribution in [0, 0.1) is 17.1 Å². The van der Waals surface area contributed by atoms with Gasteiger partial charge in [-0.25, -0.2) is 4.39 Å². The molecule has 1 saturated heterocycles. The minimum Gasteiger partial charge on any atom is -0.494 e. The van der Waals surface area contributed by atoms with Gasteiger partial charge < -0.3 is 15.0 Å². The topological polar surface area (TPSA) is 63.9 Å². The number of piperazine rings is 1. The Hall–Kier alpha value is -2.38. The number of halogens is 2. The largest absolute Gasteiger partial charge is 0.494 e. The molecule has 1 aliphatic rings. The molecule has 2 aromatic carbocycles. The number of hydrogen-bond acceptors (Lipinski definition) is 4. The summed E-state index contributed by atoms with van der Waals surface area (Å²) in [5, 5.41) is 12.3. The average Bonchev–Trinajstić information content (AvgIpc) is 2.76. The van der Waals surface area contributed by atoms with E-state index in [1.807, 2.05) is 30.3 Å². The Morgan fingerprint density at radius 1 is 1.13 bits per heavy atom. The number of nitrogens with zero attached hydrogens (tertiary/aromatic N) is 4. The van der Waals surface area contributed by atoms with Gasteiger partial charge in [-0.15, -0.1) is 24.0 Å². The zero-order chi connectivity index (χ0) is 20.6. The standard InChI is InChI=1S/C22H26FN5O.HI/c1-25-22(26-15-18-5-3-17(14-24)4-6-18)28-11-9-27(10-12-28)16-19-7-8-21(29-2)20(23)13-19;/h3-8,13H,9-12,15-16H2,1-2H3,(H,25,26);1H. The lowest BCUT2D eigenvalue weighted by molar-refractivity contribution is 0.172. The molecule has 1 fully saturated rings. The van der Waals surface area contributed by atoms with E-state index in [0.29, 0.717) is 18.7 Å². The number of hydrogen-bond donors (Lipinski definition) is 1. The fraction of sp³-hybridized carbons (Fsp3) is 0.364. The van der Waals surface area contributed by atoms with E-state index in [0.717, 1.165) is 43.3 Å². The van der Waals surface area contributed by atoms with Gasteiger partial charge in [-0.05, 0) is 35.4 Å². The maximum absolute atomic E-state index is 13.9. The predicted octanol–water partition coefficient (Wildman–Crippen LogP) is 3.22. The van der Waals surface area contributed by atoms with Crippen LogP contribution in [0.5, 0.6) is 5.75 Å². The molecule has 1 aliphatic heterocycles. The van der Waals surface area contributed by atoms with Crippen molar-refractivity contribution in [3.05, 3.63) is 65.0 Å². The Bertz CT molecular complexity index is 889. The predicted molar refractivity (Wildman–Crippen MR) is 127 cm³/mol. The Balaban J connectivity index is 0.00000320. The first-order chi connectivity index (χ1) is 14.1. The molecule has 2 aromatic rings. The molecule has 0 bridgehead atoms. The van der Waals surface area contributed by atoms with Crippen LogP contribution in [0.1, 0.15) is 16.7 Å². The molecule has 0 radical (unpaired) electrons. The van der Waals surface area contributed by atoms with E-state index in [2.05, 4.69) is 26.2 Å². The Morgan fingerprint density at radius 3 is 2.37 bits per heavy atom. The van der Waals surface area contributed by atoms with Crippen molar-refractivity contribution in [3.63, 3.8) is 0 Å². The van der Waals surface area contributed by atoms with Crippen LogP contribution in [0.25, 0.3) is 0 Å². The van der Waals surface area contributed by atoms with E-state index in [1.165, 1.54) is 7.11 Å². The number of benzene rings is 2. The minimum absolute atomic E-state index is 0. The van der Waals surface area contributed by atoms with E-state index in [4.69, 9.17) is 10.00 Å². The fourth-order valence-corrected chi connectivity index (χ4v) is 3.39. The van der Waals surface area contributed by atoms with Gasteiger partial charge in [0, 0.05) is 46.3 Å². The first-order valence-corrected chi connectivity index (χ1v) is 9.62. The van der Waals surface area contributed by atoms with Gasteiger partial charge in [-0.1, -0.05) is 18.2 Å². The summed E-state index contributed by atoms with van der Waals surface area (Å²) in [4.78, 5) is 8.94. The molecule has 0 saturated carbocycles. The molecule has 0 aromatic heterocycles. The van der Waals surface area contributed by atoms with Crippen molar-refractivity contribution in [1.29, 1.82) is 5.26 Å². The van der Waals surface area contributed by atoms with Gasteiger partial charge in [0.1, 0.15) is 0 Å². The summed E-state index contributed by atoms with van der Waals surface area (Å²) in [6.07, 6.45) is 0. The Morgan fingerprint density at radius 2 is 1.80 bits per heavy atom. The van der Waals surface area contributed by atoms with E-state index in [9.17, 15) is 4.39 Å². The quantitative estimate of drug-likeness (QED) is 0.371. The Labute approximate surface area is 194 Å². The summed E-state index contributed by atoms with van der Waals surface area (Å²) in [6, 6.07) is 14.8. The van der Waals surface area contributed by atoms with Crippen molar-refractivity contribution in [2.75, 3.05) is 40.3 Å². The molecule has 0 amide bonds.